The molecule has 1 atom stereocenters. The van der Waals surface area contributed by atoms with Gasteiger partial charge in [-0.2, -0.15) is 5.43 Å². The van der Waals surface area contributed by atoms with Crippen molar-refractivity contribution in [3.05, 3.63) is 28.2 Å². The summed E-state index contributed by atoms with van der Waals surface area (Å²) in [4.78, 5) is 12.5. The zero-order valence-electron chi connectivity index (χ0n) is 13.4. The molecule has 0 saturated carbocycles. The predicted molar refractivity (Wildman–Crippen MR) is 96.7 cm³/mol. The van der Waals surface area contributed by atoms with Gasteiger partial charge in [0.15, 0.2) is 5.06 Å². The smallest absolute Gasteiger partial charge is 0.304 e. The fraction of sp³-hybridized carbons (Fsp3) is 0.438. The Morgan fingerprint density at radius 1 is 1.39 bits per heavy atom. The molecule has 0 aliphatic carbocycles. The standard InChI is InChI=1S/C16H18Cl2N2O2S/c1-5-6-9-22-16(15(2,3)4)19-20(14(21)23-16)13-8-7-11(17)10-12(13)18/h7-8,10,19H,9H2,1-4H3. The van der Waals surface area contributed by atoms with Crippen molar-refractivity contribution in [1.29, 1.82) is 0 Å². The van der Waals surface area contributed by atoms with Crippen molar-refractivity contribution >= 4 is 45.9 Å². The van der Waals surface area contributed by atoms with Crippen LogP contribution in [-0.4, -0.2) is 16.9 Å². The summed E-state index contributed by atoms with van der Waals surface area (Å²) < 4.78 is 5.93. The number of amides is 1. The highest BCUT2D eigenvalue weighted by molar-refractivity contribution is 8.15. The highest BCUT2D eigenvalue weighted by atomic mass is 35.5. The SMILES string of the molecule is CC#CCOC1(C(C)(C)C)NN(c2ccc(Cl)cc2Cl)C(=O)S1. The molecule has 1 aromatic carbocycles. The quantitative estimate of drug-likeness (QED) is 0.765. The summed E-state index contributed by atoms with van der Waals surface area (Å²) in [5.74, 6) is 5.64. The Hall–Kier alpha value is -0.900. The third-order valence-electron chi connectivity index (χ3n) is 3.33. The first-order valence-corrected chi connectivity index (χ1v) is 8.57. The number of nitrogens with zero attached hydrogens (tertiary/aromatic N) is 1. The second kappa shape index (κ2) is 6.92. The maximum atomic E-state index is 12.5. The van der Waals surface area contributed by atoms with E-state index in [1.807, 2.05) is 20.8 Å². The average Bonchev–Trinajstić information content (AvgIpc) is 2.77. The summed E-state index contributed by atoms with van der Waals surface area (Å²) in [6, 6.07) is 4.97. The van der Waals surface area contributed by atoms with E-state index in [-0.39, 0.29) is 17.3 Å². The number of hydrogen-bond donors (Lipinski definition) is 1. The van der Waals surface area contributed by atoms with Gasteiger partial charge in [0, 0.05) is 10.4 Å². The molecule has 0 aromatic heterocycles. The summed E-state index contributed by atoms with van der Waals surface area (Å²) in [6.45, 7) is 7.95. The van der Waals surface area contributed by atoms with Crippen LogP contribution in [0.1, 0.15) is 27.7 Å². The molecule has 1 N–H and O–H groups in total. The maximum Gasteiger partial charge on any atom is 0.304 e. The van der Waals surface area contributed by atoms with E-state index in [1.54, 1.807) is 25.1 Å². The number of nitrogens with one attached hydrogen (secondary N) is 1. The van der Waals surface area contributed by atoms with Gasteiger partial charge < -0.3 is 4.74 Å². The summed E-state index contributed by atoms with van der Waals surface area (Å²) >= 11 is 13.2. The molecule has 124 valence electrons. The van der Waals surface area contributed by atoms with E-state index in [1.165, 1.54) is 5.01 Å². The lowest BCUT2D eigenvalue weighted by Gasteiger charge is -2.39. The van der Waals surface area contributed by atoms with E-state index >= 15 is 0 Å². The molecule has 1 unspecified atom stereocenters. The fourth-order valence-electron chi connectivity index (χ4n) is 2.01. The molecule has 1 fully saturated rings. The number of halogens is 2. The number of rotatable bonds is 3. The topological polar surface area (TPSA) is 41.6 Å². The van der Waals surface area contributed by atoms with Gasteiger partial charge in [-0.05, 0) is 36.9 Å². The van der Waals surface area contributed by atoms with Crippen molar-refractivity contribution < 1.29 is 9.53 Å². The normalized spacial score (nSPS) is 21.3. The van der Waals surface area contributed by atoms with Crippen LogP contribution in [0.5, 0.6) is 0 Å². The first-order valence-electron chi connectivity index (χ1n) is 7.00. The molecule has 0 radical (unpaired) electrons. The first-order chi connectivity index (χ1) is 10.7. The van der Waals surface area contributed by atoms with Crippen molar-refractivity contribution in [2.75, 3.05) is 11.6 Å². The van der Waals surface area contributed by atoms with Crippen LogP contribution in [0.3, 0.4) is 0 Å². The second-order valence-electron chi connectivity index (χ2n) is 5.99. The van der Waals surface area contributed by atoms with Gasteiger partial charge >= 0.3 is 5.24 Å². The highest BCUT2D eigenvalue weighted by Crippen LogP contribution is 2.47. The molecule has 2 rings (SSSR count). The molecule has 1 aliphatic heterocycles. The number of hydrogen-bond acceptors (Lipinski definition) is 4. The van der Waals surface area contributed by atoms with Gasteiger partial charge in [-0.15, -0.1) is 5.92 Å². The predicted octanol–water partition coefficient (Wildman–Crippen LogP) is 4.91. The van der Waals surface area contributed by atoms with E-state index in [0.29, 0.717) is 15.7 Å². The zero-order chi connectivity index (χ0) is 17.3. The molecule has 0 bridgehead atoms. The van der Waals surface area contributed by atoms with Crippen molar-refractivity contribution in [1.82, 2.24) is 5.43 Å². The Bertz CT molecular complexity index is 679. The van der Waals surface area contributed by atoms with Crippen LogP contribution in [0.2, 0.25) is 10.0 Å². The Kier molecular flexibility index (Phi) is 5.55. The van der Waals surface area contributed by atoms with Crippen molar-refractivity contribution in [2.24, 2.45) is 5.41 Å². The van der Waals surface area contributed by atoms with Crippen LogP contribution < -0.4 is 10.4 Å². The van der Waals surface area contributed by atoms with Gasteiger partial charge in [0.2, 0.25) is 0 Å². The van der Waals surface area contributed by atoms with E-state index in [9.17, 15) is 4.79 Å². The fourth-order valence-corrected chi connectivity index (χ4v) is 3.55. The third kappa shape index (κ3) is 3.78. The van der Waals surface area contributed by atoms with Crippen LogP contribution in [0, 0.1) is 17.3 Å². The monoisotopic (exact) mass is 372 g/mol. The van der Waals surface area contributed by atoms with E-state index in [2.05, 4.69) is 17.3 Å². The number of carbonyl (C=O) groups is 1. The van der Waals surface area contributed by atoms with Gasteiger partial charge in [0.1, 0.15) is 6.61 Å². The molecular weight excluding hydrogens is 355 g/mol. The third-order valence-corrected chi connectivity index (χ3v) is 5.34. The van der Waals surface area contributed by atoms with Crippen molar-refractivity contribution in [3.8, 4) is 11.8 Å². The van der Waals surface area contributed by atoms with Gasteiger partial charge in [-0.1, -0.05) is 49.9 Å². The molecule has 7 heteroatoms. The lowest BCUT2D eigenvalue weighted by Crippen LogP contribution is -2.55. The summed E-state index contributed by atoms with van der Waals surface area (Å²) in [7, 11) is 0. The van der Waals surface area contributed by atoms with Crippen molar-refractivity contribution in [3.63, 3.8) is 0 Å². The number of carbonyl (C=O) groups excluding carboxylic acids is 1. The number of hydrazine groups is 1. The molecular formula is C16H18Cl2N2O2S. The number of ether oxygens (including phenoxy) is 1. The van der Waals surface area contributed by atoms with Gasteiger partial charge in [-0.3, -0.25) is 4.79 Å². The molecule has 1 aromatic rings. The van der Waals surface area contributed by atoms with E-state index in [4.69, 9.17) is 27.9 Å². The summed E-state index contributed by atoms with van der Waals surface area (Å²) in [6.07, 6.45) is 0. The average molecular weight is 373 g/mol. The van der Waals surface area contributed by atoms with Crippen LogP contribution in [0.15, 0.2) is 18.2 Å². The molecule has 23 heavy (non-hydrogen) atoms. The largest absolute Gasteiger partial charge is 0.336 e. The summed E-state index contributed by atoms with van der Waals surface area (Å²) in [5.41, 5.74) is 3.33. The van der Waals surface area contributed by atoms with Crippen LogP contribution >= 0.6 is 35.0 Å². The first kappa shape index (κ1) is 18.4. The molecule has 1 heterocycles. The highest BCUT2D eigenvalue weighted by Gasteiger charge is 2.53. The Morgan fingerprint density at radius 2 is 2.09 bits per heavy atom. The molecule has 1 saturated heterocycles. The van der Waals surface area contributed by atoms with Crippen molar-refractivity contribution in [2.45, 2.75) is 32.8 Å². The number of thioether (sulfide) groups is 1. The van der Waals surface area contributed by atoms with E-state index < -0.39 is 5.06 Å². The Labute approximate surface area is 150 Å². The minimum Gasteiger partial charge on any atom is -0.336 e. The van der Waals surface area contributed by atoms with E-state index in [0.717, 1.165) is 11.8 Å². The Morgan fingerprint density at radius 3 is 2.65 bits per heavy atom. The van der Waals surface area contributed by atoms with Crippen LogP contribution in [0.4, 0.5) is 10.5 Å². The van der Waals surface area contributed by atoms with Crippen LogP contribution in [-0.2, 0) is 4.74 Å². The lowest BCUT2D eigenvalue weighted by atomic mass is 9.94. The molecule has 4 nitrogen and oxygen atoms in total. The summed E-state index contributed by atoms with van der Waals surface area (Å²) in [5, 5.41) is 1.16. The van der Waals surface area contributed by atoms with Gasteiger partial charge in [0.25, 0.3) is 0 Å². The maximum absolute atomic E-state index is 12.5. The number of anilines is 1. The minimum atomic E-state index is -0.934. The zero-order valence-corrected chi connectivity index (χ0v) is 15.7. The van der Waals surface area contributed by atoms with Gasteiger partial charge in [0.05, 0.1) is 10.7 Å². The molecule has 1 amide bonds. The molecule has 0 spiro atoms. The minimum absolute atomic E-state index is 0.200. The number of benzene rings is 1. The van der Waals surface area contributed by atoms with Gasteiger partial charge in [-0.25, -0.2) is 5.01 Å². The lowest BCUT2D eigenvalue weighted by molar-refractivity contribution is -0.0509. The molecule has 1 aliphatic rings. The Balaban J connectivity index is 2.35. The van der Waals surface area contributed by atoms with Crippen LogP contribution in [0.25, 0.3) is 0 Å². The second-order valence-corrected chi connectivity index (χ2v) is 7.96.